The molecule has 23 heavy (non-hydrogen) atoms. The maximum atomic E-state index is 12.5. The molecule has 1 aliphatic heterocycles. The zero-order valence-electron chi connectivity index (χ0n) is 11.5. The lowest BCUT2D eigenvalue weighted by molar-refractivity contribution is 0.0857. The van der Waals surface area contributed by atoms with Gasteiger partial charge in [0, 0.05) is 0 Å². The number of fused-ring (bicyclic) bond motifs is 1. The summed E-state index contributed by atoms with van der Waals surface area (Å²) in [5.41, 5.74) is 0.158. The Labute approximate surface area is 135 Å². The minimum atomic E-state index is -3.88. The summed E-state index contributed by atoms with van der Waals surface area (Å²) >= 11 is 1.43. The van der Waals surface area contributed by atoms with Gasteiger partial charge in [-0.1, -0.05) is 18.2 Å². The Morgan fingerprint density at radius 1 is 1.13 bits per heavy atom. The predicted octanol–water partition coefficient (Wildman–Crippen LogP) is 2.14. The third-order valence-electron chi connectivity index (χ3n) is 3.39. The molecule has 0 saturated carbocycles. The molecule has 0 radical (unpaired) electrons. The summed E-state index contributed by atoms with van der Waals surface area (Å²) in [6.45, 7) is -0.284. The average Bonchev–Trinajstić information content (AvgIpc) is 3.25. The maximum Gasteiger partial charge on any atom is 0.269 e. The summed E-state index contributed by atoms with van der Waals surface area (Å²) in [6, 6.07) is 9.75. The lowest BCUT2D eigenvalue weighted by atomic mass is 10.2. The number of carbonyl (C=O) groups excluding carboxylic acids is 1. The largest absolute Gasteiger partial charge is 0.418 e. The number of hydrogen-bond acceptors (Lipinski definition) is 7. The van der Waals surface area contributed by atoms with E-state index in [1.807, 2.05) is 17.5 Å². The van der Waals surface area contributed by atoms with E-state index in [1.54, 1.807) is 12.1 Å². The van der Waals surface area contributed by atoms with E-state index < -0.39 is 15.9 Å². The highest BCUT2D eigenvalue weighted by Gasteiger charge is 2.41. The molecule has 0 bridgehead atoms. The zero-order valence-corrected chi connectivity index (χ0v) is 13.2. The number of rotatable bonds is 3. The molecule has 1 aromatic carbocycles. The van der Waals surface area contributed by atoms with Gasteiger partial charge in [-0.3, -0.25) is 4.79 Å². The highest BCUT2D eigenvalue weighted by atomic mass is 32.2. The smallest absolute Gasteiger partial charge is 0.269 e. The van der Waals surface area contributed by atoms with Crippen LogP contribution in [-0.4, -0.2) is 28.8 Å². The minimum Gasteiger partial charge on any atom is -0.418 e. The molecule has 0 saturated heterocycles. The van der Waals surface area contributed by atoms with Gasteiger partial charge in [0.2, 0.25) is 5.89 Å². The lowest BCUT2D eigenvalue weighted by Gasteiger charge is -2.11. The SMILES string of the molecule is O=C1c2ccccc2S(=O)(=O)N1Cc1nnc(-c2cccs2)o1. The van der Waals surface area contributed by atoms with Crippen LogP contribution in [0.4, 0.5) is 0 Å². The molecule has 9 heteroatoms. The first kappa shape index (κ1) is 14.1. The predicted molar refractivity (Wildman–Crippen MR) is 81.1 cm³/mol. The summed E-state index contributed by atoms with van der Waals surface area (Å²) < 4.78 is 31.1. The number of aromatic nitrogens is 2. The van der Waals surface area contributed by atoms with Gasteiger partial charge in [0.15, 0.2) is 0 Å². The van der Waals surface area contributed by atoms with Crippen LogP contribution >= 0.6 is 11.3 Å². The van der Waals surface area contributed by atoms with Crippen LogP contribution in [0.15, 0.2) is 51.1 Å². The molecular formula is C14H9N3O4S2. The Morgan fingerprint density at radius 2 is 1.96 bits per heavy atom. The first-order valence-electron chi connectivity index (χ1n) is 6.60. The van der Waals surface area contributed by atoms with Crippen molar-refractivity contribution in [2.75, 3.05) is 0 Å². The minimum absolute atomic E-state index is 0.00277. The van der Waals surface area contributed by atoms with E-state index in [0.29, 0.717) is 5.89 Å². The quantitative estimate of drug-likeness (QED) is 0.720. The molecule has 0 aliphatic carbocycles. The van der Waals surface area contributed by atoms with Gasteiger partial charge in [-0.2, -0.15) is 0 Å². The van der Waals surface area contributed by atoms with E-state index in [-0.39, 0.29) is 22.9 Å². The second-order valence-corrected chi connectivity index (χ2v) is 7.57. The zero-order chi connectivity index (χ0) is 16.0. The highest BCUT2D eigenvalue weighted by molar-refractivity contribution is 7.90. The van der Waals surface area contributed by atoms with Crippen LogP contribution in [0.3, 0.4) is 0 Å². The molecular weight excluding hydrogens is 338 g/mol. The summed E-state index contributed by atoms with van der Waals surface area (Å²) in [6.07, 6.45) is 0. The molecule has 3 aromatic rings. The Kier molecular flexibility index (Phi) is 3.06. The van der Waals surface area contributed by atoms with Crippen LogP contribution in [0.25, 0.3) is 10.8 Å². The first-order chi connectivity index (χ1) is 11.1. The Bertz CT molecular complexity index is 993. The molecule has 1 amide bonds. The summed E-state index contributed by atoms with van der Waals surface area (Å²) in [4.78, 5) is 13.1. The number of nitrogens with zero attached hydrogens (tertiary/aromatic N) is 3. The third-order valence-corrected chi connectivity index (χ3v) is 6.03. The van der Waals surface area contributed by atoms with Gasteiger partial charge in [-0.15, -0.1) is 21.5 Å². The van der Waals surface area contributed by atoms with Gasteiger partial charge >= 0.3 is 0 Å². The molecule has 7 nitrogen and oxygen atoms in total. The second kappa shape index (κ2) is 5.00. The molecule has 2 aromatic heterocycles. The van der Waals surface area contributed by atoms with Crippen LogP contribution in [-0.2, 0) is 16.6 Å². The Morgan fingerprint density at radius 3 is 2.70 bits per heavy atom. The number of hydrogen-bond donors (Lipinski definition) is 0. The Balaban J connectivity index is 1.67. The Hall–Kier alpha value is -2.52. The van der Waals surface area contributed by atoms with Crippen molar-refractivity contribution in [1.82, 2.24) is 14.5 Å². The standard InChI is InChI=1S/C14H9N3O4S2/c18-14-9-4-1-2-6-11(9)23(19,20)17(14)8-12-15-16-13(21-12)10-5-3-7-22-10/h1-7H,8H2. The van der Waals surface area contributed by atoms with Crippen LogP contribution in [0.1, 0.15) is 16.2 Å². The fourth-order valence-corrected chi connectivity index (χ4v) is 4.49. The van der Waals surface area contributed by atoms with Gasteiger partial charge in [0.1, 0.15) is 11.4 Å². The van der Waals surface area contributed by atoms with Gasteiger partial charge in [0.05, 0.1) is 10.4 Å². The van der Waals surface area contributed by atoms with Crippen molar-refractivity contribution >= 4 is 27.3 Å². The lowest BCUT2D eigenvalue weighted by Crippen LogP contribution is -2.29. The van der Waals surface area contributed by atoms with E-state index in [4.69, 9.17) is 4.42 Å². The second-order valence-electron chi connectivity index (χ2n) is 4.79. The van der Waals surface area contributed by atoms with Crippen LogP contribution in [0.5, 0.6) is 0 Å². The number of benzene rings is 1. The first-order valence-corrected chi connectivity index (χ1v) is 8.92. The van der Waals surface area contributed by atoms with Crippen molar-refractivity contribution in [3.05, 3.63) is 53.2 Å². The fourth-order valence-electron chi connectivity index (χ4n) is 2.33. The summed E-state index contributed by atoms with van der Waals surface area (Å²) in [5, 5.41) is 9.58. The van der Waals surface area contributed by atoms with Crippen molar-refractivity contribution in [3.63, 3.8) is 0 Å². The van der Waals surface area contributed by atoms with Gasteiger partial charge < -0.3 is 4.42 Å². The number of sulfonamides is 1. The van der Waals surface area contributed by atoms with E-state index >= 15 is 0 Å². The summed E-state index contributed by atoms with van der Waals surface area (Å²) in [5.74, 6) is -0.217. The molecule has 116 valence electrons. The maximum absolute atomic E-state index is 12.5. The van der Waals surface area contributed by atoms with Crippen molar-refractivity contribution in [1.29, 1.82) is 0 Å². The normalized spacial score (nSPS) is 15.8. The van der Waals surface area contributed by atoms with Crippen molar-refractivity contribution in [3.8, 4) is 10.8 Å². The van der Waals surface area contributed by atoms with Crippen molar-refractivity contribution in [2.24, 2.45) is 0 Å². The molecule has 0 spiro atoms. The van der Waals surface area contributed by atoms with Crippen LogP contribution < -0.4 is 0 Å². The van der Waals surface area contributed by atoms with E-state index in [1.165, 1.54) is 23.5 Å². The molecule has 0 N–H and O–H groups in total. The summed E-state index contributed by atoms with van der Waals surface area (Å²) in [7, 11) is -3.88. The average molecular weight is 347 g/mol. The molecule has 0 atom stereocenters. The van der Waals surface area contributed by atoms with E-state index in [9.17, 15) is 13.2 Å². The van der Waals surface area contributed by atoms with Gasteiger partial charge in [-0.25, -0.2) is 12.7 Å². The molecule has 3 heterocycles. The van der Waals surface area contributed by atoms with Crippen LogP contribution in [0.2, 0.25) is 0 Å². The number of carbonyl (C=O) groups is 1. The topological polar surface area (TPSA) is 93.4 Å². The molecule has 1 aliphatic rings. The fraction of sp³-hybridized carbons (Fsp3) is 0.0714. The van der Waals surface area contributed by atoms with Crippen molar-refractivity contribution in [2.45, 2.75) is 11.4 Å². The van der Waals surface area contributed by atoms with Gasteiger partial charge in [0.25, 0.3) is 21.8 Å². The molecule has 0 fully saturated rings. The highest BCUT2D eigenvalue weighted by Crippen LogP contribution is 2.31. The van der Waals surface area contributed by atoms with Gasteiger partial charge in [-0.05, 0) is 23.6 Å². The monoisotopic (exact) mass is 347 g/mol. The molecule has 4 rings (SSSR count). The van der Waals surface area contributed by atoms with Crippen LogP contribution in [0, 0.1) is 0 Å². The molecule has 0 unspecified atom stereocenters. The number of thiophene rings is 1. The number of amides is 1. The van der Waals surface area contributed by atoms with E-state index in [0.717, 1.165) is 9.18 Å². The third kappa shape index (κ3) is 2.16. The van der Waals surface area contributed by atoms with Crippen molar-refractivity contribution < 1.29 is 17.6 Å². The van der Waals surface area contributed by atoms with E-state index in [2.05, 4.69) is 10.2 Å².